The van der Waals surface area contributed by atoms with E-state index in [9.17, 15) is 5.11 Å². The lowest BCUT2D eigenvalue weighted by atomic mass is 9.59. The first-order valence-electron chi connectivity index (χ1n) is 5.95. The molecule has 2 nitrogen and oxygen atoms in total. The number of nitrogens with two attached hydrogens (primary N) is 1. The highest BCUT2D eigenvalue weighted by Crippen LogP contribution is 2.46. The summed E-state index contributed by atoms with van der Waals surface area (Å²) in [5, 5.41) is 11.0. The molecule has 0 unspecified atom stereocenters. The van der Waals surface area contributed by atoms with Crippen LogP contribution in [0.25, 0.3) is 0 Å². The molecule has 0 heterocycles. The fourth-order valence-electron chi connectivity index (χ4n) is 2.69. The standard InChI is InChI=1S/C13H29NOS/c1-11(2,3)13(15,12(4,5)6)10(14)8-9-16-7/h10,15H,8-9,14H2,1-7H3/t10-/m0/s1. The van der Waals surface area contributed by atoms with Gasteiger partial charge in [0.25, 0.3) is 0 Å². The monoisotopic (exact) mass is 247 g/mol. The highest BCUT2D eigenvalue weighted by atomic mass is 32.2. The molecule has 0 bridgehead atoms. The summed E-state index contributed by atoms with van der Waals surface area (Å²) in [5.41, 5.74) is 4.96. The van der Waals surface area contributed by atoms with Gasteiger partial charge in [0.1, 0.15) is 0 Å². The molecule has 0 aliphatic carbocycles. The molecule has 0 rings (SSSR count). The van der Waals surface area contributed by atoms with Crippen LogP contribution in [0, 0.1) is 10.8 Å². The van der Waals surface area contributed by atoms with Gasteiger partial charge in [-0.05, 0) is 29.3 Å². The van der Waals surface area contributed by atoms with E-state index in [0.29, 0.717) is 0 Å². The first-order chi connectivity index (χ1) is 6.98. The van der Waals surface area contributed by atoms with Gasteiger partial charge in [0.05, 0.1) is 5.60 Å². The molecule has 3 heteroatoms. The van der Waals surface area contributed by atoms with Crippen molar-refractivity contribution in [1.82, 2.24) is 0 Å². The van der Waals surface area contributed by atoms with Crippen molar-refractivity contribution in [3.63, 3.8) is 0 Å². The molecule has 16 heavy (non-hydrogen) atoms. The molecule has 0 fully saturated rings. The summed E-state index contributed by atoms with van der Waals surface area (Å²) in [6.07, 6.45) is 2.92. The molecule has 0 aliphatic heterocycles. The van der Waals surface area contributed by atoms with Crippen LogP contribution in [-0.4, -0.2) is 28.8 Å². The number of rotatable bonds is 4. The second kappa shape index (κ2) is 5.28. The van der Waals surface area contributed by atoms with Gasteiger partial charge in [-0.1, -0.05) is 41.5 Å². The maximum atomic E-state index is 11.0. The summed E-state index contributed by atoms with van der Waals surface area (Å²) in [5.74, 6) is 0.996. The third-order valence-electron chi connectivity index (χ3n) is 3.46. The Balaban J connectivity index is 5.10. The molecule has 0 spiro atoms. The predicted molar refractivity (Wildman–Crippen MR) is 74.8 cm³/mol. The van der Waals surface area contributed by atoms with Crippen molar-refractivity contribution >= 4 is 11.8 Å². The van der Waals surface area contributed by atoms with Gasteiger partial charge in [-0.15, -0.1) is 0 Å². The largest absolute Gasteiger partial charge is 0.387 e. The van der Waals surface area contributed by atoms with Gasteiger partial charge in [0.2, 0.25) is 0 Å². The molecule has 0 aromatic heterocycles. The van der Waals surface area contributed by atoms with E-state index >= 15 is 0 Å². The van der Waals surface area contributed by atoms with Gasteiger partial charge in [-0.3, -0.25) is 0 Å². The average molecular weight is 247 g/mol. The Morgan fingerprint density at radius 1 is 1.06 bits per heavy atom. The maximum absolute atomic E-state index is 11.0. The van der Waals surface area contributed by atoms with Crippen molar-refractivity contribution in [3.8, 4) is 0 Å². The summed E-state index contributed by atoms with van der Waals surface area (Å²) in [6, 6.07) is -0.181. The minimum Gasteiger partial charge on any atom is -0.387 e. The van der Waals surface area contributed by atoms with Gasteiger partial charge < -0.3 is 10.8 Å². The predicted octanol–water partition coefficient (Wildman–Crippen LogP) is 2.89. The topological polar surface area (TPSA) is 46.2 Å². The molecule has 0 saturated heterocycles. The van der Waals surface area contributed by atoms with Crippen molar-refractivity contribution in [3.05, 3.63) is 0 Å². The number of hydrogen-bond donors (Lipinski definition) is 2. The summed E-state index contributed by atoms with van der Waals surface area (Å²) in [6.45, 7) is 12.4. The molecule has 0 aromatic carbocycles. The quantitative estimate of drug-likeness (QED) is 0.803. The minimum absolute atomic E-state index is 0.181. The van der Waals surface area contributed by atoms with E-state index in [2.05, 4.69) is 47.8 Å². The average Bonchev–Trinajstić information content (AvgIpc) is 2.08. The van der Waals surface area contributed by atoms with E-state index in [0.717, 1.165) is 12.2 Å². The summed E-state index contributed by atoms with van der Waals surface area (Å²) >= 11 is 1.78. The maximum Gasteiger partial charge on any atom is 0.0893 e. The lowest BCUT2D eigenvalue weighted by Gasteiger charge is -2.53. The Labute approximate surface area is 105 Å². The van der Waals surface area contributed by atoms with Crippen LogP contribution < -0.4 is 5.73 Å². The smallest absolute Gasteiger partial charge is 0.0893 e. The molecule has 0 radical (unpaired) electrons. The van der Waals surface area contributed by atoms with Crippen LogP contribution in [0.3, 0.4) is 0 Å². The Morgan fingerprint density at radius 3 is 1.69 bits per heavy atom. The lowest BCUT2D eigenvalue weighted by Crippen LogP contribution is -2.64. The highest BCUT2D eigenvalue weighted by Gasteiger charge is 2.52. The van der Waals surface area contributed by atoms with Crippen molar-refractivity contribution in [2.24, 2.45) is 16.6 Å². The number of hydrogen-bond acceptors (Lipinski definition) is 3. The first-order valence-corrected chi connectivity index (χ1v) is 7.34. The van der Waals surface area contributed by atoms with E-state index in [4.69, 9.17) is 5.73 Å². The first kappa shape index (κ1) is 16.3. The van der Waals surface area contributed by atoms with Crippen LogP contribution >= 0.6 is 11.8 Å². The molecular weight excluding hydrogens is 218 g/mol. The van der Waals surface area contributed by atoms with E-state index in [1.807, 2.05) is 0 Å². The Bertz CT molecular complexity index is 201. The summed E-state index contributed by atoms with van der Waals surface area (Å²) < 4.78 is 0. The van der Waals surface area contributed by atoms with Crippen LogP contribution in [0.4, 0.5) is 0 Å². The van der Waals surface area contributed by atoms with E-state index in [1.165, 1.54) is 0 Å². The fourth-order valence-corrected chi connectivity index (χ4v) is 3.18. The zero-order valence-corrected chi connectivity index (χ0v) is 12.7. The molecule has 0 aliphatic rings. The van der Waals surface area contributed by atoms with Gasteiger partial charge in [-0.2, -0.15) is 11.8 Å². The van der Waals surface area contributed by atoms with Gasteiger partial charge >= 0.3 is 0 Å². The molecule has 3 N–H and O–H groups in total. The molecule has 98 valence electrons. The zero-order valence-electron chi connectivity index (χ0n) is 11.9. The van der Waals surface area contributed by atoms with Crippen LogP contribution in [0.5, 0.6) is 0 Å². The zero-order chi connectivity index (χ0) is 13.2. The Morgan fingerprint density at radius 2 is 1.44 bits per heavy atom. The van der Waals surface area contributed by atoms with Crippen LogP contribution in [0.15, 0.2) is 0 Å². The van der Waals surface area contributed by atoms with E-state index < -0.39 is 5.60 Å². The van der Waals surface area contributed by atoms with Gasteiger partial charge in [-0.25, -0.2) is 0 Å². The molecule has 0 aromatic rings. The normalized spacial score (nSPS) is 16.3. The third kappa shape index (κ3) is 3.14. The van der Waals surface area contributed by atoms with E-state index in [1.54, 1.807) is 11.8 Å². The van der Waals surface area contributed by atoms with Crippen molar-refractivity contribution < 1.29 is 5.11 Å². The second-order valence-corrected chi connectivity index (χ2v) is 7.64. The third-order valence-corrected chi connectivity index (χ3v) is 4.10. The minimum atomic E-state index is -0.851. The van der Waals surface area contributed by atoms with Crippen molar-refractivity contribution in [2.75, 3.05) is 12.0 Å². The SMILES string of the molecule is CSCC[C@H](N)C(O)(C(C)(C)C)C(C)(C)C. The van der Waals surface area contributed by atoms with Crippen molar-refractivity contribution in [2.45, 2.75) is 59.6 Å². The number of aliphatic hydroxyl groups is 1. The Kier molecular flexibility index (Phi) is 5.37. The van der Waals surface area contributed by atoms with Gasteiger partial charge in [0, 0.05) is 6.04 Å². The van der Waals surface area contributed by atoms with Crippen molar-refractivity contribution in [1.29, 1.82) is 0 Å². The lowest BCUT2D eigenvalue weighted by molar-refractivity contribution is -0.153. The summed E-state index contributed by atoms with van der Waals surface area (Å²) in [4.78, 5) is 0. The Hall–Kier alpha value is 0.270. The van der Waals surface area contributed by atoms with Gasteiger partial charge in [0.15, 0.2) is 0 Å². The second-order valence-electron chi connectivity index (χ2n) is 6.65. The summed E-state index contributed by atoms with van der Waals surface area (Å²) in [7, 11) is 0. The molecular formula is C13H29NOS. The molecule has 1 atom stereocenters. The van der Waals surface area contributed by atoms with E-state index in [-0.39, 0.29) is 16.9 Å². The van der Waals surface area contributed by atoms with Crippen LogP contribution in [-0.2, 0) is 0 Å². The fraction of sp³-hybridized carbons (Fsp3) is 1.00. The highest BCUT2D eigenvalue weighted by molar-refractivity contribution is 7.98. The molecule has 0 saturated carbocycles. The van der Waals surface area contributed by atoms with Crippen LogP contribution in [0.1, 0.15) is 48.0 Å². The number of thioether (sulfide) groups is 1. The van der Waals surface area contributed by atoms with Crippen LogP contribution in [0.2, 0.25) is 0 Å². The molecule has 0 amide bonds.